The molecule has 0 aromatic carbocycles. The summed E-state index contributed by atoms with van der Waals surface area (Å²) in [4.78, 5) is 0. The SMILES string of the molecule is C/C=C(/C1C[I-]1)[C@H](C)N. The Labute approximate surface area is 67.0 Å². The summed E-state index contributed by atoms with van der Waals surface area (Å²) in [6.07, 6.45) is 2.20. The van der Waals surface area contributed by atoms with Crippen LogP contribution in [0, 0.1) is 0 Å². The van der Waals surface area contributed by atoms with Crippen molar-refractivity contribution in [1.29, 1.82) is 0 Å². The second-order valence-electron chi connectivity index (χ2n) is 2.35. The second-order valence-corrected chi connectivity index (χ2v) is 5.62. The van der Waals surface area contributed by atoms with Crippen molar-refractivity contribution in [2.45, 2.75) is 23.8 Å². The predicted molar refractivity (Wildman–Crippen MR) is 36.1 cm³/mol. The molecule has 1 aliphatic rings. The van der Waals surface area contributed by atoms with Crippen LogP contribution in [0.3, 0.4) is 0 Å². The molecule has 2 atom stereocenters. The average molecular weight is 238 g/mol. The van der Waals surface area contributed by atoms with Crippen LogP contribution in [0.5, 0.6) is 0 Å². The van der Waals surface area contributed by atoms with Gasteiger partial charge in [-0.1, -0.05) is 0 Å². The molecule has 1 heterocycles. The Morgan fingerprint density at radius 1 is 1.89 bits per heavy atom. The van der Waals surface area contributed by atoms with Crippen LogP contribution in [0.4, 0.5) is 0 Å². The van der Waals surface area contributed by atoms with E-state index in [1.165, 1.54) is 10.0 Å². The quantitative estimate of drug-likeness (QED) is 0.328. The molecular formula is C7H13IN-. The van der Waals surface area contributed by atoms with E-state index in [1.54, 1.807) is 0 Å². The normalized spacial score (nSPS) is 31.0. The van der Waals surface area contributed by atoms with Gasteiger partial charge in [-0.3, -0.25) is 0 Å². The molecule has 9 heavy (non-hydrogen) atoms. The number of nitrogens with two attached hydrogens (primary N) is 1. The minimum absolute atomic E-state index is 0.308. The van der Waals surface area contributed by atoms with Crippen molar-refractivity contribution in [2.75, 3.05) is 4.43 Å². The van der Waals surface area contributed by atoms with E-state index in [-0.39, 0.29) is 0 Å². The molecule has 54 valence electrons. The van der Waals surface area contributed by atoms with Gasteiger partial charge in [0.25, 0.3) is 0 Å². The number of rotatable bonds is 2. The first-order valence-corrected chi connectivity index (χ1v) is 6.02. The molecule has 0 aromatic heterocycles. The molecule has 0 aliphatic carbocycles. The topological polar surface area (TPSA) is 26.0 Å². The summed E-state index contributed by atoms with van der Waals surface area (Å²) >= 11 is 0.546. The molecule has 1 unspecified atom stereocenters. The molecule has 0 spiro atoms. The van der Waals surface area contributed by atoms with Gasteiger partial charge in [-0.05, 0) is 0 Å². The zero-order valence-electron chi connectivity index (χ0n) is 5.89. The number of halogens is 1. The summed E-state index contributed by atoms with van der Waals surface area (Å²) in [6, 6.07) is 0.308. The van der Waals surface area contributed by atoms with Gasteiger partial charge in [0.1, 0.15) is 0 Å². The zero-order chi connectivity index (χ0) is 6.85. The number of alkyl halides is 2. The van der Waals surface area contributed by atoms with Crippen molar-refractivity contribution in [3.63, 3.8) is 0 Å². The minimum atomic E-state index is 0.308. The third-order valence-electron chi connectivity index (χ3n) is 1.53. The van der Waals surface area contributed by atoms with Gasteiger partial charge >= 0.3 is 66.8 Å². The maximum absolute atomic E-state index is 5.74. The van der Waals surface area contributed by atoms with Crippen molar-refractivity contribution in [3.05, 3.63) is 11.6 Å². The maximum atomic E-state index is 5.74. The Balaban J connectivity index is 2.48. The van der Waals surface area contributed by atoms with E-state index in [0.717, 1.165) is 3.92 Å². The first-order valence-electron chi connectivity index (χ1n) is 3.25. The number of hydrogen-bond acceptors (Lipinski definition) is 1. The third kappa shape index (κ3) is 1.93. The standard InChI is InChI=1S/C7H13IN/c1-3-6(5(2)9)7-4-8-7/h3,5,7H,4,9H2,1-2H3/q-1/b6-3+/t5-,7?/m0/s1. The van der Waals surface area contributed by atoms with Crippen LogP contribution in [0.1, 0.15) is 13.8 Å². The molecule has 0 aromatic rings. The van der Waals surface area contributed by atoms with Gasteiger partial charge in [0.2, 0.25) is 0 Å². The van der Waals surface area contributed by atoms with E-state index in [9.17, 15) is 0 Å². The molecule has 2 heteroatoms. The van der Waals surface area contributed by atoms with E-state index in [1.807, 2.05) is 0 Å². The Kier molecular flexibility index (Phi) is 2.52. The van der Waals surface area contributed by atoms with E-state index in [0.29, 0.717) is 27.2 Å². The van der Waals surface area contributed by atoms with E-state index in [4.69, 9.17) is 5.73 Å². The van der Waals surface area contributed by atoms with Crippen molar-refractivity contribution in [3.8, 4) is 0 Å². The van der Waals surface area contributed by atoms with Gasteiger partial charge in [-0.25, -0.2) is 0 Å². The predicted octanol–water partition coefficient (Wildman–Crippen LogP) is -2.25. The summed E-state index contributed by atoms with van der Waals surface area (Å²) in [6.45, 7) is 4.18. The van der Waals surface area contributed by atoms with E-state index < -0.39 is 0 Å². The zero-order valence-corrected chi connectivity index (χ0v) is 8.05. The summed E-state index contributed by atoms with van der Waals surface area (Å²) in [5.41, 5.74) is 7.24. The Bertz CT molecular complexity index is 121. The fourth-order valence-electron chi connectivity index (χ4n) is 0.952. The molecule has 1 fully saturated rings. The summed E-state index contributed by atoms with van der Waals surface area (Å²) < 4.78 is 2.42. The fraction of sp³-hybridized carbons (Fsp3) is 0.714. The first-order chi connectivity index (χ1) is 4.25. The summed E-state index contributed by atoms with van der Waals surface area (Å²) in [7, 11) is 0. The Hall–Kier alpha value is 0.430. The second kappa shape index (κ2) is 3.01. The molecule has 1 rings (SSSR count). The van der Waals surface area contributed by atoms with E-state index >= 15 is 0 Å². The van der Waals surface area contributed by atoms with Crippen LogP contribution in [0.15, 0.2) is 11.6 Å². The molecule has 1 saturated heterocycles. The molecule has 2 N–H and O–H groups in total. The van der Waals surface area contributed by atoms with Crippen LogP contribution in [0.2, 0.25) is 0 Å². The van der Waals surface area contributed by atoms with Crippen LogP contribution >= 0.6 is 0 Å². The van der Waals surface area contributed by atoms with Gasteiger partial charge < -0.3 is 0 Å². The van der Waals surface area contributed by atoms with Gasteiger partial charge in [-0.2, -0.15) is 0 Å². The Morgan fingerprint density at radius 2 is 2.44 bits per heavy atom. The van der Waals surface area contributed by atoms with Crippen LogP contribution in [0.25, 0.3) is 0 Å². The molecule has 0 radical (unpaired) electrons. The summed E-state index contributed by atoms with van der Waals surface area (Å²) in [5, 5.41) is 0. The molecule has 0 saturated carbocycles. The molecule has 0 bridgehead atoms. The summed E-state index contributed by atoms with van der Waals surface area (Å²) in [5.74, 6) is 0. The van der Waals surface area contributed by atoms with Crippen molar-refractivity contribution < 1.29 is 21.2 Å². The van der Waals surface area contributed by atoms with Crippen molar-refractivity contribution in [2.24, 2.45) is 5.73 Å². The van der Waals surface area contributed by atoms with Crippen LogP contribution in [-0.2, 0) is 0 Å². The van der Waals surface area contributed by atoms with Crippen molar-refractivity contribution >= 4 is 0 Å². The number of allylic oxidation sites excluding steroid dienone is 1. The van der Waals surface area contributed by atoms with Gasteiger partial charge in [-0.15, -0.1) is 0 Å². The average Bonchev–Trinajstić information content (AvgIpc) is 2.50. The Morgan fingerprint density at radius 3 is 2.56 bits per heavy atom. The third-order valence-corrected chi connectivity index (χ3v) is 4.01. The van der Waals surface area contributed by atoms with Crippen LogP contribution < -0.4 is 26.9 Å². The fourth-order valence-corrected chi connectivity index (χ4v) is 3.15. The van der Waals surface area contributed by atoms with Gasteiger partial charge in [0.15, 0.2) is 0 Å². The molecular weight excluding hydrogens is 225 g/mol. The monoisotopic (exact) mass is 238 g/mol. The van der Waals surface area contributed by atoms with Gasteiger partial charge in [0.05, 0.1) is 0 Å². The first kappa shape index (κ1) is 7.54. The molecule has 1 aliphatic heterocycles. The molecule has 1 nitrogen and oxygen atoms in total. The number of hydrogen-bond donors (Lipinski definition) is 1. The van der Waals surface area contributed by atoms with Gasteiger partial charge in [0, 0.05) is 0 Å². The van der Waals surface area contributed by atoms with Crippen LogP contribution in [-0.4, -0.2) is 14.4 Å². The van der Waals surface area contributed by atoms with E-state index in [2.05, 4.69) is 19.9 Å². The van der Waals surface area contributed by atoms with Crippen molar-refractivity contribution in [1.82, 2.24) is 0 Å². The molecule has 0 amide bonds.